The Morgan fingerprint density at radius 3 is 2.27 bits per heavy atom. The average molecular weight is 351 g/mol. The number of rotatable bonds is 3. The number of anilines is 2. The lowest BCUT2D eigenvalue weighted by Gasteiger charge is -2.08. The highest BCUT2D eigenvalue weighted by atomic mass is 35.5. The smallest absolute Gasteiger partial charge is 0.229 e. The zero-order valence-electron chi connectivity index (χ0n) is 11.2. The van der Waals surface area contributed by atoms with Gasteiger partial charge in [0.25, 0.3) is 0 Å². The van der Waals surface area contributed by atoms with E-state index in [9.17, 15) is 0 Å². The maximum atomic E-state index is 6.08. The summed E-state index contributed by atoms with van der Waals surface area (Å²) < 4.78 is 0. The molecule has 0 fully saturated rings. The Morgan fingerprint density at radius 1 is 0.773 bits per heavy atom. The highest BCUT2D eigenvalue weighted by Crippen LogP contribution is 2.27. The molecule has 2 aromatic carbocycles. The second kappa shape index (κ2) is 6.53. The summed E-state index contributed by atoms with van der Waals surface area (Å²) in [7, 11) is 0. The fourth-order valence-corrected chi connectivity index (χ4v) is 2.41. The molecule has 0 atom stereocenters. The van der Waals surface area contributed by atoms with Gasteiger partial charge in [0.15, 0.2) is 0 Å². The van der Waals surface area contributed by atoms with Crippen LogP contribution in [0.15, 0.2) is 54.6 Å². The standard InChI is InChI=1S/C16H10Cl3N3/c17-12-7-6-11(8-13(12)18)20-16-21-14(9-15(19)22-16)10-4-2-1-3-5-10/h1-9H,(H,20,21,22). The summed E-state index contributed by atoms with van der Waals surface area (Å²) in [6.07, 6.45) is 0. The van der Waals surface area contributed by atoms with Crippen LogP contribution in [0.1, 0.15) is 0 Å². The molecule has 0 aliphatic rings. The first-order chi connectivity index (χ1) is 10.6. The van der Waals surface area contributed by atoms with E-state index in [-0.39, 0.29) is 0 Å². The first kappa shape index (κ1) is 15.1. The molecule has 0 amide bonds. The van der Waals surface area contributed by atoms with Gasteiger partial charge in [0.1, 0.15) is 5.15 Å². The van der Waals surface area contributed by atoms with Crippen molar-refractivity contribution in [3.63, 3.8) is 0 Å². The van der Waals surface area contributed by atoms with Gasteiger partial charge in [0, 0.05) is 17.3 Å². The molecule has 0 saturated carbocycles. The maximum absolute atomic E-state index is 6.08. The molecule has 0 unspecified atom stereocenters. The third kappa shape index (κ3) is 3.50. The molecule has 3 aromatic rings. The number of hydrogen-bond acceptors (Lipinski definition) is 3. The fraction of sp³-hybridized carbons (Fsp3) is 0. The lowest BCUT2D eigenvalue weighted by atomic mass is 10.1. The van der Waals surface area contributed by atoms with Gasteiger partial charge in [-0.2, -0.15) is 0 Å². The number of nitrogens with zero attached hydrogens (tertiary/aromatic N) is 2. The SMILES string of the molecule is Clc1cc(-c2ccccc2)nc(Nc2ccc(Cl)c(Cl)c2)n1. The Morgan fingerprint density at radius 2 is 1.55 bits per heavy atom. The second-order valence-corrected chi connectivity index (χ2v) is 5.72. The molecule has 3 nitrogen and oxygen atoms in total. The van der Waals surface area contributed by atoms with E-state index in [0.717, 1.165) is 16.9 Å². The van der Waals surface area contributed by atoms with Crippen molar-refractivity contribution < 1.29 is 0 Å². The van der Waals surface area contributed by atoms with Crippen molar-refractivity contribution in [2.75, 3.05) is 5.32 Å². The molecule has 1 N–H and O–H groups in total. The minimum Gasteiger partial charge on any atom is -0.324 e. The van der Waals surface area contributed by atoms with Gasteiger partial charge in [0.2, 0.25) is 5.95 Å². The Balaban J connectivity index is 1.94. The van der Waals surface area contributed by atoms with Crippen LogP contribution in [0.4, 0.5) is 11.6 Å². The van der Waals surface area contributed by atoms with E-state index in [1.807, 2.05) is 30.3 Å². The van der Waals surface area contributed by atoms with Crippen molar-refractivity contribution in [3.8, 4) is 11.3 Å². The van der Waals surface area contributed by atoms with Crippen LogP contribution in [0, 0.1) is 0 Å². The summed E-state index contributed by atoms with van der Waals surface area (Å²) >= 11 is 18.0. The summed E-state index contributed by atoms with van der Waals surface area (Å²) in [6.45, 7) is 0. The maximum Gasteiger partial charge on any atom is 0.229 e. The minimum atomic E-state index is 0.358. The number of aromatic nitrogens is 2. The van der Waals surface area contributed by atoms with Crippen LogP contribution < -0.4 is 5.32 Å². The first-order valence-corrected chi connectivity index (χ1v) is 7.57. The summed E-state index contributed by atoms with van der Waals surface area (Å²) in [5.41, 5.74) is 2.43. The Kier molecular flexibility index (Phi) is 4.48. The highest BCUT2D eigenvalue weighted by molar-refractivity contribution is 6.42. The number of halogens is 3. The molecule has 6 heteroatoms. The van der Waals surface area contributed by atoms with E-state index in [0.29, 0.717) is 21.1 Å². The zero-order valence-corrected chi connectivity index (χ0v) is 13.5. The van der Waals surface area contributed by atoms with Gasteiger partial charge in [-0.1, -0.05) is 65.1 Å². The van der Waals surface area contributed by atoms with Crippen LogP contribution >= 0.6 is 34.8 Å². The lowest BCUT2D eigenvalue weighted by Crippen LogP contribution is -1.98. The average Bonchev–Trinajstić information content (AvgIpc) is 2.51. The molecule has 0 saturated heterocycles. The normalized spacial score (nSPS) is 10.5. The molecule has 110 valence electrons. The van der Waals surface area contributed by atoms with E-state index >= 15 is 0 Å². The van der Waals surface area contributed by atoms with Crippen molar-refractivity contribution in [2.24, 2.45) is 0 Å². The van der Waals surface area contributed by atoms with Crippen molar-refractivity contribution in [1.29, 1.82) is 0 Å². The van der Waals surface area contributed by atoms with E-state index < -0.39 is 0 Å². The predicted octanol–water partition coefficient (Wildman–Crippen LogP) is 5.85. The van der Waals surface area contributed by atoms with Gasteiger partial charge < -0.3 is 5.32 Å². The van der Waals surface area contributed by atoms with Crippen molar-refractivity contribution in [2.45, 2.75) is 0 Å². The Hall–Kier alpha value is -1.81. The number of hydrogen-bond donors (Lipinski definition) is 1. The molecule has 0 radical (unpaired) electrons. The Bertz CT molecular complexity index is 807. The third-order valence-corrected chi connectivity index (χ3v) is 3.87. The van der Waals surface area contributed by atoms with E-state index in [1.165, 1.54) is 0 Å². The summed E-state index contributed by atoms with van der Waals surface area (Å²) in [4.78, 5) is 8.64. The summed E-state index contributed by atoms with van der Waals surface area (Å²) in [6, 6.07) is 16.7. The molecule has 3 rings (SSSR count). The van der Waals surface area contributed by atoms with Gasteiger partial charge >= 0.3 is 0 Å². The summed E-state index contributed by atoms with van der Waals surface area (Å²) in [5.74, 6) is 0.393. The third-order valence-electron chi connectivity index (χ3n) is 2.94. The molecule has 0 spiro atoms. The van der Waals surface area contributed by atoms with Crippen LogP contribution in [-0.2, 0) is 0 Å². The molecule has 1 aromatic heterocycles. The van der Waals surface area contributed by atoms with Crippen molar-refractivity contribution >= 4 is 46.4 Å². The van der Waals surface area contributed by atoms with Crippen molar-refractivity contribution in [3.05, 3.63) is 69.8 Å². The molecule has 22 heavy (non-hydrogen) atoms. The van der Waals surface area contributed by atoms with Gasteiger partial charge in [0.05, 0.1) is 15.7 Å². The molecule has 0 aliphatic carbocycles. The minimum absolute atomic E-state index is 0.358. The quantitative estimate of drug-likeness (QED) is 0.602. The molecule has 1 heterocycles. The van der Waals surface area contributed by atoms with Crippen molar-refractivity contribution in [1.82, 2.24) is 9.97 Å². The first-order valence-electron chi connectivity index (χ1n) is 6.44. The van der Waals surface area contributed by atoms with Gasteiger partial charge in [-0.3, -0.25) is 0 Å². The van der Waals surface area contributed by atoms with Crippen LogP contribution in [-0.4, -0.2) is 9.97 Å². The van der Waals surface area contributed by atoms with Crippen LogP contribution in [0.25, 0.3) is 11.3 Å². The van der Waals surface area contributed by atoms with Crippen LogP contribution in [0.2, 0.25) is 15.2 Å². The van der Waals surface area contributed by atoms with Gasteiger partial charge in [-0.05, 0) is 18.2 Å². The van der Waals surface area contributed by atoms with E-state index in [4.69, 9.17) is 34.8 Å². The number of benzene rings is 2. The summed E-state index contributed by atoms with van der Waals surface area (Å²) in [5, 5.41) is 4.38. The molecule has 0 bridgehead atoms. The zero-order chi connectivity index (χ0) is 15.5. The fourth-order valence-electron chi connectivity index (χ4n) is 1.93. The topological polar surface area (TPSA) is 37.8 Å². The van der Waals surface area contributed by atoms with E-state index in [1.54, 1.807) is 24.3 Å². The second-order valence-electron chi connectivity index (χ2n) is 4.52. The predicted molar refractivity (Wildman–Crippen MR) is 92.2 cm³/mol. The van der Waals surface area contributed by atoms with Crippen LogP contribution in [0.5, 0.6) is 0 Å². The molecule has 0 aliphatic heterocycles. The van der Waals surface area contributed by atoms with E-state index in [2.05, 4.69) is 15.3 Å². The molecular formula is C16H10Cl3N3. The highest BCUT2D eigenvalue weighted by Gasteiger charge is 2.07. The molecular weight excluding hydrogens is 341 g/mol. The monoisotopic (exact) mass is 349 g/mol. The van der Waals surface area contributed by atoms with Crippen LogP contribution in [0.3, 0.4) is 0 Å². The van der Waals surface area contributed by atoms with Gasteiger partial charge in [-0.15, -0.1) is 0 Å². The van der Waals surface area contributed by atoms with Gasteiger partial charge in [-0.25, -0.2) is 9.97 Å². The Labute approximate surface area is 142 Å². The largest absolute Gasteiger partial charge is 0.324 e. The number of nitrogens with one attached hydrogen (secondary N) is 1. The lowest BCUT2D eigenvalue weighted by molar-refractivity contribution is 1.17.